The van der Waals surface area contributed by atoms with Gasteiger partial charge in [-0.3, -0.25) is 0 Å². The first-order chi connectivity index (χ1) is 9.16. The normalized spacial score (nSPS) is 10.8. The van der Waals surface area contributed by atoms with Gasteiger partial charge < -0.3 is 5.73 Å². The van der Waals surface area contributed by atoms with E-state index in [2.05, 4.69) is 13.0 Å². The van der Waals surface area contributed by atoms with E-state index in [4.69, 9.17) is 5.73 Å². The maximum Gasteiger partial charge on any atom is 0.131 e. The highest BCUT2D eigenvalue weighted by molar-refractivity contribution is 5.98. The van der Waals surface area contributed by atoms with Crippen LogP contribution in [-0.4, -0.2) is 0 Å². The number of hydrogen-bond acceptors (Lipinski definition) is 1. The maximum atomic E-state index is 14.0. The van der Waals surface area contributed by atoms with Gasteiger partial charge in [0, 0.05) is 11.3 Å². The zero-order chi connectivity index (χ0) is 13.4. The minimum Gasteiger partial charge on any atom is -0.399 e. The van der Waals surface area contributed by atoms with E-state index in [-0.39, 0.29) is 5.82 Å². The number of benzene rings is 3. The quantitative estimate of drug-likeness (QED) is 0.631. The molecule has 0 aromatic heterocycles. The van der Waals surface area contributed by atoms with Gasteiger partial charge in [0.25, 0.3) is 0 Å². The summed E-state index contributed by atoms with van der Waals surface area (Å²) in [6, 6.07) is 16.7. The van der Waals surface area contributed by atoms with Crippen LogP contribution in [0.5, 0.6) is 0 Å². The lowest BCUT2D eigenvalue weighted by molar-refractivity contribution is 0.631. The molecule has 0 radical (unpaired) electrons. The predicted octanol–water partition coefficient (Wildman–Crippen LogP) is 4.54. The second-order valence-electron chi connectivity index (χ2n) is 4.71. The zero-order valence-corrected chi connectivity index (χ0v) is 10.7. The van der Waals surface area contributed by atoms with Crippen molar-refractivity contribution in [3.63, 3.8) is 0 Å². The zero-order valence-electron chi connectivity index (χ0n) is 10.7. The van der Waals surface area contributed by atoms with Crippen molar-refractivity contribution in [2.45, 2.75) is 6.92 Å². The third kappa shape index (κ3) is 1.95. The molecule has 0 saturated heterocycles. The summed E-state index contributed by atoms with van der Waals surface area (Å²) >= 11 is 0. The standard InChI is InChI=1S/C17H14FN/c1-11-6-8-15(14-5-3-2-4-13(11)14)16-10-12(19)7-9-17(16)18/h2-10H,19H2,1H3. The molecule has 94 valence electrons. The van der Waals surface area contributed by atoms with Crippen LogP contribution in [0.1, 0.15) is 5.56 Å². The minimum absolute atomic E-state index is 0.247. The molecule has 0 aliphatic carbocycles. The van der Waals surface area contributed by atoms with Gasteiger partial charge in [0.15, 0.2) is 0 Å². The summed E-state index contributed by atoms with van der Waals surface area (Å²) in [6.45, 7) is 2.06. The molecule has 0 bridgehead atoms. The van der Waals surface area contributed by atoms with Gasteiger partial charge in [-0.05, 0) is 47.0 Å². The average Bonchev–Trinajstić information content (AvgIpc) is 2.43. The van der Waals surface area contributed by atoms with Crippen molar-refractivity contribution in [2.24, 2.45) is 0 Å². The van der Waals surface area contributed by atoms with Crippen LogP contribution in [-0.2, 0) is 0 Å². The lowest BCUT2D eigenvalue weighted by Crippen LogP contribution is -1.91. The van der Waals surface area contributed by atoms with Crippen molar-refractivity contribution in [2.75, 3.05) is 5.73 Å². The molecule has 0 fully saturated rings. The average molecular weight is 251 g/mol. The first-order valence-corrected chi connectivity index (χ1v) is 6.20. The smallest absolute Gasteiger partial charge is 0.131 e. The third-order valence-corrected chi connectivity index (χ3v) is 3.42. The molecule has 2 N–H and O–H groups in total. The van der Waals surface area contributed by atoms with E-state index < -0.39 is 0 Å². The Bertz CT molecular complexity index is 762. The number of aryl methyl sites for hydroxylation is 1. The molecule has 0 atom stereocenters. The summed E-state index contributed by atoms with van der Waals surface area (Å²) in [6.07, 6.45) is 0. The van der Waals surface area contributed by atoms with Gasteiger partial charge in [-0.2, -0.15) is 0 Å². The largest absolute Gasteiger partial charge is 0.399 e. The van der Waals surface area contributed by atoms with Crippen molar-refractivity contribution in [3.05, 3.63) is 66.0 Å². The monoisotopic (exact) mass is 251 g/mol. The molecule has 0 saturated carbocycles. The SMILES string of the molecule is Cc1ccc(-c2cc(N)ccc2F)c2ccccc12. The van der Waals surface area contributed by atoms with Crippen LogP contribution in [0.2, 0.25) is 0 Å². The van der Waals surface area contributed by atoms with Crippen molar-refractivity contribution in [3.8, 4) is 11.1 Å². The number of anilines is 1. The van der Waals surface area contributed by atoms with Crippen LogP contribution in [0.4, 0.5) is 10.1 Å². The van der Waals surface area contributed by atoms with E-state index in [0.717, 1.165) is 16.3 Å². The predicted molar refractivity (Wildman–Crippen MR) is 78.5 cm³/mol. The minimum atomic E-state index is -0.247. The Morgan fingerprint density at radius 3 is 2.37 bits per heavy atom. The number of nitrogens with two attached hydrogens (primary N) is 1. The van der Waals surface area contributed by atoms with Crippen molar-refractivity contribution >= 4 is 16.5 Å². The van der Waals surface area contributed by atoms with E-state index in [9.17, 15) is 4.39 Å². The molecule has 0 aliphatic heterocycles. The molecule has 0 spiro atoms. The second kappa shape index (κ2) is 4.39. The fourth-order valence-electron chi connectivity index (χ4n) is 2.43. The van der Waals surface area contributed by atoms with Crippen molar-refractivity contribution in [1.29, 1.82) is 0 Å². The number of hydrogen-bond donors (Lipinski definition) is 1. The van der Waals surface area contributed by atoms with Gasteiger partial charge in [0.1, 0.15) is 5.82 Å². The van der Waals surface area contributed by atoms with E-state index in [1.165, 1.54) is 11.6 Å². The summed E-state index contributed by atoms with van der Waals surface area (Å²) in [5.41, 5.74) is 8.96. The summed E-state index contributed by atoms with van der Waals surface area (Å²) in [4.78, 5) is 0. The fourth-order valence-corrected chi connectivity index (χ4v) is 2.43. The first-order valence-electron chi connectivity index (χ1n) is 6.20. The number of rotatable bonds is 1. The van der Waals surface area contributed by atoms with E-state index in [1.54, 1.807) is 12.1 Å². The van der Waals surface area contributed by atoms with Crippen LogP contribution >= 0.6 is 0 Å². The molecule has 3 aromatic carbocycles. The van der Waals surface area contributed by atoms with Gasteiger partial charge in [-0.15, -0.1) is 0 Å². The third-order valence-electron chi connectivity index (χ3n) is 3.42. The molecule has 0 unspecified atom stereocenters. The molecule has 2 heteroatoms. The first kappa shape index (κ1) is 11.7. The highest BCUT2D eigenvalue weighted by Crippen LogP contribution is 2.33. The second-order valence-corrected chi connectivity index (χ2v) is 4.71. The number of fused-ring (bicyclic) bond motifs is 1. The van der Waals surface area contributed by atoms with Gasteiger partial charge in [0.2, 0.25) is 0 Å². The Balaban J connectivity index is 2.37. The lowest BCUT2D eigenvalue weighted by Gasteiger charge is -2.10. The summed E-state index contributed by atoms with van der Waals surface area (Å²) < 4.78 is 14.0. The van der Waals surface area contributed by atoms with E-state index in [0.29, 0.717) is 11.3 Å². The Labute approximate surface area is 111 Å². The molecule has 19 heavy (non-hydrogen) atoms. The summed E-state index contributed by atoms with van der Waals surface area (Å²) in [5, 5.41) is 2.19. The van der Waals surface area contributed by atoms with Gasteiger partial charge in [-0.25, -0.2) is 4.39 Å². The van der Waals surface area contributed by atoms with Crippen LogP contribution in [0, 0.1) is 12.7 Å². The molecule has 0 aliphatic rings. The molecule has 0 amide bonds. The highest BCUT2D eigenvalue weighted by Gasteiger charge is 2.10. The summed E-state index contributed by atoms with van der Waals surface area (Å²) in [7, 11) is 0. The molecular weight excluding hydrogens is 237 g/mol. The fraction of sp³-hybridized carbons (Fsp3) is 0.0588. The Morgan fingerprint density at radius 1 is 0.842 bits per heavy atom. The number of halogens is 1. The molecule has 0 heterocycles. The lowest BCUT2D eigenvalue weighted by atomic mass is 9.95. The van der Waals surface area contributed by atoms with Crippen LogP contribution < -0.4 is 5.73 Å². The van der Waals surface area contributed by atoms with Crippen molar-refractivity contribution < 1.29 is 4.39 Å². The highest BCUT2D eigenvalue weighted by atomic mass is 19.1. The van der Waals surface area contributed by atoms with Crippen LogP contribution in [0.25, 0.3) is 21.9 Å². The molecular formula is C17H14FN. The molecule has 1 nitrogen and oxygen atoms in total. The topological polar surface area (TPSA) is 26.0 Å². The van der Waals surface area contributed by atoms with Crippen LogP contribution in [0.3, 0.4) is 0 Å². The number of nitrogen functional groups attached to an aromatic ring is 1. The van der Waals surface area contributed by atoms with Gasteiger partial charge in [0.05, 0.1) is 0 Å². The Hall–Kier alpha value is -2.35. The van der Waals surface area contributed by atoms with E-state index in [1.807, 2.05) is 30.3 Å². The van der Waals surface area contributed by atoms with Crippen LogP contribution in [0.15, 0.2) is 54.6 Å². The molecule has 3 aromatic rings. The van der Waals surface area contributed by atoms with Crippen molar-refractivity contribution in [1.82, 2.24) is 0 Å². The Morgan fingerprint density at radius 2 is 1.58 bits per heavy atom. The van der Waals surface area contributed by atoms with Gasteiger partial charge >= 0.3 is 0 Å². The maximum absolute atomic E-state index is 14.0. The van der Waals surface area contributed by atoms with Gasteiger partial charge in [-0.1, -0.05) is 36.4 Å². The summed E-state index contributed by atoms with van der Waals surface area (Å²) in [5.74, 6) is -0.247. The Kier molecular flexibility index (Phi) is 2.71. The molecule has 3 rings (SSSR count). The van der Waals surface area contributed by atoms with E-state index >= 15 is 0 Å².